The van der Waals surface area contributed by atoms with Crippen LogP contribution in [0.4, 0.5) is 5.82 Å². The molecule has 0 saturated carbocycles. The van der Waals surface area contributed by atoms with Gasteiger partial charge in [0.1, 0.15) is 11.6 Å². The molecule has 0 radical (unpaired) electrons. The van der Waals surface area contributed by atoms with Crippen LogP contribution in [0.1, 0.15) is 30.5 Å². The number of nitrogens with zero attached hydrogens (tertiary/aromatic N) is 3. The number of benzene rings is 1. The van der Waals surface area contributed by atoms with Crippen molar-refractivity contribution in [1.29, 1.82) is 0 Å². The first-order valence-corrected chi connectivity index (χ1v) is 9.40. The van der Waals surface area contributed by atoms with E-state index in [4.69, 9.17) is 9.73 Å². The molecule has 0 aliphatic carbocycles. The number of nitrogens with one attached hydrogen (secondary N) is 2. The molecular formula is C21H32IN5O. The van der Waals surface area contributed by atoms with Crippen molar-refractivity contribution in [2.24, 2.45) is 4.99 Å². The third kappa shape index (κ3) is 7.53. The summed E-state index contributed by atoms with van der Waals surface area (Å²) in [6, 6.07) is 10.3. The van der Waals surface area contributed by atoms with E-state index in [1.54, 1.807) is 0 Å². The Morgan fingerprint density at radius 1 is 1.14 bits per heavy atom. The van der Waals surface area contributed by atoms with Crippen LogP contribution >= 0.6 is 24.0 Å². The molecule has 0 aliphatic rings. The second-order valence-electron chi connectivity index (χ2n) is 6.51. The van der Waals surface area contributed by atoms with Crippen LogP contribution in [-0.2, 0) is 13.1 Å². The molecule has 0 unspecified atom stereocenters. The van der Waals surface area contributed by atoms with Crippen LogP contribution in [0.3, 0.4) is 0 Å². The molecule has 28 heavy (non-hydrogen) atoms. The second-order valence-corrected chi connectivity index (χ2v) is 6.51. The van der Waals surface area contributed by atoms with Gasteiger partial charge in [0.25, 0.3) is 0 Å². The molecule has 0 fully saturated rings. The van der Waals surface area contributed by atoms with Crippen LogP contribution in [0.15, 0.2) is 41.5 Å². The molecule has 0 aliphatic heterocycles. The van der Waals surface area contributed by atoms with Crippen LogP contribution in [0, 0.1) is 6.92 Å². The molecule has 2 N–H and O–H groups in total. The highest BCUT2D eigenvalue weighted by molar-refractivity contribution is 14.0. The monoisotopic (exact) mass is 497 g/mol. The number of hydrogen-bond acceptors (Lipinski definition) is 4. The summed E-state index contributed by atoms with van der Waals surface area (Å²) in [5.74, 6) is 2.64. The Morgan fingerprint density at radius 2 is 1.93 bits per heavy atom. The zero-order valence-corrected chi connectivity index (χ0v) is 19.8. The standard InChI is InChI=1S/C21H31N5O.HI/c1-6-22-21(24-14-17-10-11-23-20(13-17)26(4)5)25-15-18-9-8-16(3)12-19(18)27-7-2;/h8-13H,6-7,14-15H2,1-5H3,(H2,22,24,25);1H. The molecule has 0 saturated heterocycles. The van der Waals surface area contributed by atoms with Crippen molar-refractivity contribution in [2.75, 3.05) is 32.1 Å². The molecule has 0 atom stereocenters. The van der Waals surface area contributed by atoms with Crippen molar-refractivity contribution < 1.29 is 4.74 Å². The third-order valence-corrected chi connectivity index (χ3v) is 4.00. The SMILES string of the molecule is CCNC(=NCc1ccnc(N(C)C)c1)NCc1ccc(C)cc1OCC.I. The van der Waals surface area contributed by atoms with Crippen LogP contribution in [0.5, 0.6) is 5.75 Å². The molecule has 154 valence electrons. The lowest BCUT2D eigenvalue weighted by atomic mass is 10.1. The van der Waals surface area contributed by atoms with Crippen LogP contribution in [-0.4, -0.2) is 38.2 Å². The van der Waals surface area contributed by atoms with Gasteiger partial charge in [0.2, 0.25) is 0 Å². The van der Waals surface area contributed by atoms with E-state index in [0.717, 1.165) is 35.2 Å². The molecule has 1 aromatic carbocycles. The van der Waals surface area contributed by atoms with E-state index >= 15 is 0 Å². The molecule has 2 rings (SSSR count). The topological polar surface area (TPSA) is 61.8 Å². The van der Waals surface area contributed by atoms with Crippen LogP contribution < -0.4 is 20.3 Å². The number of guanidine groups is 1. The number of halogens is 1. The van der Waals surface area contributed by atoms with E-state index in [0.29, 0.717) is 19.7 Å². The fourth-order valence-electron chi connectivity index (χ4n) is 2.59. The summed E-state index contributed by atoms with van der Waals surface area (Å²) in [4.78, 5) is 11.0. The summed E-state index contributed by atoms with van der Waals surface area (Å²) in [6.07, 6.45) is 1.82. The predicted octanol–water partition coefficient (Wildman–Crippen LogP) is 3.73. The normalized spacial score (nSPS) is 10.8. The van der Waals surface area contributed by atoms with Crippen LogP contribution in [0.25, 0.3) is 0 Å². The zero-order chi connectivity index (χ0) is 19.6. The van der Waals surface area contributed by atoms with E-state index in [1.165, 1.54) is 5.56 Å². The number of rotatable bonds is 8. The summed E-state index contributed by atoms with van der Waals surface area (Å²) < 4.78 is 5.76. The van der Waals surface area contributed by atoms with Crippen LogP contribution in [0.2, 0.25) is 0 Å². The van der Waals surface area contributed by atoms with Gasteiger partial charge >= 0.3 is 0 Å². The van der Waals surface area contributed by atoms with Gasteiger partial charge in [-0.05, 0) is 50.1 Å². The minimum atomic E-state index is 0. The van der Waals surface area contributed by atoms with Gasteiger partial charge < -0.3 is 20.3 Å². The highest BCUT2D eigenvalue weighted by Gasteiger charge is 2.06. The number of pyridine rings is 1. The van der Waals surface area contributed by atoms with Gasteiger partial charge in [-0.15, -0.1) is 24.0 Å². The fourth-order valence-corrected chi connectivity index (χ4v) is 2.59. The first-order chi connectivity index (χ1) is 13.0. The van der Waals surface area contributed by atoms with Gasteiger partial charge in [-0.3, -0.25) is 0 Å². The Bertz CT molecular complexity index is 764. The maximum absolute atomic E-state index is 5.76. The van der Waals surface area contributed by atoms with Crippen molar-refractivity contribution in [1.82, 2.24) is 15.6 Å². The van der Waals surface area contributed by atoms with Crippen molar-refractivity contribution in [3.8, 4) is 5.75 Å². The smallest absolute Gasteiger partial charge is 0.191 e. The van der Waals surface area contributed by atoms with Gasteiger partial charge in [-0.2, -0.15) is 0 Å². The largest absolute Gasteiger partial charge is 0.494 e. The van der Waals surface area contributed by atoms with E-state index in [1.807, 2.05) is 38.2 Å². The predicted molar refractivity (Wildman–Crippen MR) is 128 cm³/mol. The van der Waals surface area contributed by atoms with Gasteiger partial charge in [0.15, 0.2) is 5.96 Å². The van der Waals surface area contributed by atoms with Gasteiger partial charge in [0.05, 0.1) is 13.2 Å². The van der Waals surface area contributed by atoms with Gasteiger partial charge in [-0.1, -0.05) is 12.1 Å². The average molecular weight is 497 g/mol. The second kappa shape index (κ2) is 12.4. The molecule has 6 nitrogen and oxygen atoms in total. The van der Waals surface area contributed by atoms with E-state index in [2.05, 4.69) is 53.7 Å². The van der Waals surface area contributed by atoms with E-state index in [9.17, 15) is 0 Å². The summed E-state index contributed by atoms with van der Waals surface area (Å²) in [5, 5.41) is 6.69. The molecule has 1 heterocycles. The van der Waals surface area contributed by atoms with E-state index in [-0.39, 0.29) is 24.0 Å². The minimum absolute atomic E-state index is 0. The fraction of sp³-hybridized carbons (Fsp3) is 0.429. The summed E-state index contributed by atoms with van der Waals surface area (Å²) in [6.45, 7) is 8.83. The maximum Gasteiger partial charge on any atom is 0.191 e. The Labute approximate surface area is 185 Å². The summed E-state index contributed by atoms with van der Waals surface area (Å²) >= 11 is 0. The zero-order valence-electron chi connectivity index (χ0n) is 17.5. The molecule has 0 bridgehead atoms. The van der Waals surface area contributed by atoms with Crippen molar-refractivity contribution in [2.45, 2.75) is 33.9 Å². The molecule has 0 spiro atoms. The van der Waals surface area contributed by atoms with Gasteiger partial charge in [-0.25, -0.2) is 9.98 Å². The highest BCUT2D eigenvalue weighted by Crippen LogP contribution is 2.20. The number of aryl methyl sites for hydroxylation is 1. The lowest BCUT2D eigenvalue weighted by molar-refractivity contribution is 0.336. The molecule has 1 aromatic heterocycles. The Hall–Kier alpha value is -2.03. The van der Waals surface area contributed by atoms with E-state index < -0.39 is 0 Å². The van der Waals surface area contributed by atoms with Crippen molar-refractivity contribution in [3.63, 3.8) is 0 Å². The lowest BCUT2D eigenvalue weighted by Gasteiger charge is -2.15. The summed E-state index contributed by atoms with van der Waals surface area (Å²) in [5.41, 5.74) is 3.43. The quantitative estimate of drug-likeness (QED) is 0.331. The first kappa shape index (κ1) is 24.0. The third-order valence-electron chi connectivity index (χ3n) is 4.00. The molecule has 7 heteroatoms. The molecule has 2 aromatic rings. The maximum atomic E-state index is 5.76. The van der Waals surface area contributed by atoms with Gasteiger partial charge in [0, 0.05) is 38.9 Å². The number of ether oxygens (including phenoxy) is 1. The minimum Gasteiger partial charge on any atom is -0.494 e. The number of aromatic nitrogens is 1. The summed E-state index contributed by atoms with van der Waals surface area (Å²) in [7, 11) is 3.97. The molecular weight excluding hydrogens is 465 g/mol. The highest BCUT2D eigenvalue weighted by atomic mass is 127. The Morgan fingerprint density at radius 3 is 2.61 bits per heavy atom. The number of hydrogen-bond donors (Lipinski definition) is 2. The number of anilines is 1. The molecule has 0 amide bonds. The average Bonchev–Trinajstić information content (AvgIpc) is 2.65. The number of aliphatic imine (C=N–C) groups is 1. The Balaban J connectivity index is 0.00000392. The Kier molecular flexibility index (Phi) is 10.7. The first-order valence-electron chi connectivity index (χ1n) is 9.40. The van der Waals surface area contributed by atoms with Crippen molar-refractivity contribution >= 4 is 35.8 Å². The van der Waals surface area contributed by atoms with Crippen molar-refractivity contribution in [3.05, 3.63) is 53.2 Å². The lowest BCUT2D eigenvalue weighted by Crippen LogP contribution is -2.36.